The lowest BCUT2D eigenvalue weighted by atomic mass is 9.65. The standard InChI is InChI=1S/C28H37N7O2/c1-27(2,3)23(29)16-28(26-30-32-33-31-26)21-12-10-19(24(36)34(4)5)14-17(21)8-9-18-15-20(11-13-22(18)28)25(37)35(6)7/h10-15,23H,8-9,16,29H2,1-7H3,(H,30,31,32,33)/t23-/m0/s1. The SMILES string of the molecule is CN(C)C(=O)c1ccc2c(c1)CCc1cc(C(=O)N(C)C)ccc1C2(C[C@H](N)C(C)(C)C)c1nnn[nH]1. The van der Waals surface area contributed by atoms with Crippen LogP contribution < -0.4 is 5.73 Å². The van der Waals surface area contributed by atoms with Crippen LogP contribution in [0, 0.1) is 5.41 Å². The fourth-order valence-electron chi connectivity index (χ4n) is 5.18. The second-order valence-electron chi connectivity index (χ2n) is 11.5. The molecular weight excluding hydrogens is 466 g/mol. The number of carbonyl (C=O) groups is 2. The number of amides is 2. The van der Waals surface area contributed by atoms with Crippen molar-refractivity contribution < 1.29 is 9.59 Å². The van der Waals surface area contributed by atoms with E-state index in [-0.39, 0.29) is 23.3 Å². The van der Waals surface area contributed by atoms with Crippen LogP contribution in [0.15, 0.2) is 36.4 Å². The van der Waals surface area contributed by atoms with E-state index in [9.17, 15) is 9.59 Å². The summed E-state index contributed by atoms with van der Waals surface area (Å²) in [6.07, 6.45) is 1.93. The highest BCUT2D eigenvalue weighted by Crippen LogP contribution is 2.48. The number of aromatic amines is 1. The Labute approximate surface area is 218 Å². The molecule has 0 bridgehead atoms. The number of benzene rings is 2. The highest BCUT2D eigenvalue weighted by atomic mass is 16.2. The number of carbonyl (C=O) groups excluding carboxylic acids is 2. The van der Waals surface area contributed by atoms with Crippen LogP contribution in [0.5, 0.6) is 0 Å². The van der Waals surface area contributed by atoms with Crippen LogP contribution in [0.4, 0.5) is 0 Å². The zero-order chi connectivity index (χ0) is 27.1. The van der Waals surface area contributed by atoms with Crippen molar-refractivity contribution in [3.05, 3.63) is 75.6 Å². The van der Waals surface area contributed by atoms with E-state index >= 15 is 0 Å². The summed E-state index contributed by atoms with van der Waals surface area (Å²) in [5.41, 5.74) is 11.3. The Balaban J connectivity index is 2.03. The van der Waals surface area contributed by atoms with E-state index in [1.165, 1.54) is 0 Å². The first kappa shape index (κ1) is 26.5. The van der Waals surface area contributed by atoms with E-state index in [0.29, 0.717) is 36.2 Å². The summed E-state index contributed by atoms with van der Waals surface area (Å²) < 4.78 is 0. The molecule has 9 heteroatoms. The van der Waals surface area contributed by atoms with Gasteiger partial charge in [0.2, 0.25) is 0 Å². The molecular formula is C28H37N7O2. The smallest absolute Gasteiger partial charge is 0.253 e. The summed E-state index contributed by atoms with van der Waals surface area (Å²) in [6, 6.07) is 11.6. The van der Waals surface area contributed by atoms with E-state index in [4.69, 9.17) is 5.73 Å². The Hall–Kier alpha value is -3.59. The number of nitrogens with two attached hydrogens (primary N) is 1. The minimum absolute atomic E-state index is 0.0539. The number of aromatic nitrogens is 4. The van der Waals surface area contributed by atoms with Crippen LogP contribution in [-0.4, -0.2) is 76.5 Å². The van der Waals surface area contributed by atoms with Gasteiger partial charge in [0.25, 0.3) is 11.8 Å². The van der Waals surface area contributed by atoms with E-state index in [1.54, 1.807) is 38.0 Å². The molecule has 9 nitrogen and oxygen atoms in total. The third kappa shape index (κ3) is 4.75. The first-order chi connectivity index (χ1) is 17.4. The van der Waals surface area contributed by atoms with Gasteiger partial charge in [-0.3, -0.25) is 9.59 Å². The molecule has 2 aromatic carbocycles. The average Bonchev–Trinajstić information content (AvgIpc) is 3.35. The van der Waals surface area contributed by atoms with Crippen molar-refractivity contribution in [3.8, 4) is 0 Å². The van der Waals surface area contributed by atoms with Crippen molar-refractivity contribution in [3.63, 3.8) is 0 Å². The quantitative estimate of drug-likeness (QED) is 0.552. The van der Waals surface area contributed by atoms with Gasteiger partial charge in [-0.2, -0.15) is 0 Å². The molecule has 1 atom stereocenters. The van der Waals surface area contributed by atoms with Crippen molar-refractivity contribution in [2.45, 2.75) is 51.5 Å². The van der Waals surface area contributed by atoms with Gasteiger partial charge in [-0.15, -0.1) is 5.10 Å². The molecule has 0 saturated heterocycles. The maximum atomic E-state index is 12.8. The number of fused-ring (bicyclic) bond motifs is 2. The zero-order valence-electron chi connectivity index (χ0n) is 22.8. The minimum Gasteiger partial charge on any atom is -0.345 e. The van der Waals surface area contributed by atoms with Gasteiger partial charge >= 0.3 is 0 Å². The van der Waals surface area contributed by atoms with Crippen molar-refractivity contribution in [2.24, 2.45) is 11.1 Å². The Morgan fingerprint density at radius 1 is 0.946 bits per heavy atom. The maximum Gasteiger partial charge on any atom is 0.253 e. The topological polar surface area (TPSA) is 121 Å². The molecule has 0 spiro atoms. The lowest BCUT2D eigenvalue weighted by Crippen LogP contribution is -2.44. The van der Waals surface area contributed by atoms with Gasteiger partial charge in [0.1, 0.15) is 0 Å². The van der Waals surface area contributed by atoms with E-state index in [0.717, 1.165) is 22.3 Å². The fourth-order valence-corrected chi connectivity index (χ4v) is 5.18. The lowest BCUT2D eigenvalue weighted by Gasteiger charge is -2.40. The molecule has 37 heavy (non-hydrogen) atoms. The van der Waals surface area contributed by atoms with E-state index in [1.807, 2.05) is 36.4 Å². The van der Waals surface area contributed by atoms with Crippen LogP contribution in [-0.2, 0) is 18.3 Å². The Kier molecular flexibility index (Phi) is 6.94. The fraction of sp³-hybridized carbons (Fsp3) is 0.464. The average molecular weight is 504 g/mol. The van der Waals surface area contributed by atoms with Gasteiger partial charge in [0.05, 0.1) is 5.41 Å². The third-order valence-electron chi connectivity index (χ3n) is 7.49. The molecule has 1 aromatic heterocycles. The van der Waals surface area contributed by atoms with Crippen molar-refractivity contribution >= 4 is 11.8 Å². The number of tetrazole rings is 1. The Bertz CT molecular complexity index is 1240. The molecule has 1 aliphatic rings. The largest absolute Gasteiger partial charge is 0.345 e. The third-order valence-corrected chi connectivity index (χ3v) is 7.49. The number of nitrogens with one attached hydrogen (secondary N) is 1. The van der Waals surface area contributed by atoms with Crippen LogP contribution in [0.25, 0.3) is 0 Å². The summed E-state index contributed by atoms with van der Waals surface area (Å²) in [7, 11) is 7.00. The van der Waals surface area contributed by atoms with Gasteiger partial charge in [-0.1, -0.05) is 32.9 Å². The highest BCUT2D eigenvalue weighted by Gasteiger charge is 2.46. The van der Waals surface area contributed by atoms with E-state index < -0.39 is 5.41 Å². The molecule has 0 fully saturated rings. The van der Waals surface area contributed by atoms with Gasteiger partial charge in [0, 0.05) is 45.4 Å². The lowest BCUT2D eigenvalue weighted by molar-refractivity contribution is 0.0820. The van der Waals surface area contributed by atoms with E-state index in [2.05, 4.69) is 41.4 Å². The summed E-state index contributed by atoms with van der Waals surface area (Å²) >= 11 is 0. The van der Waals surface area contributed by atoms with Gasteiger partial charge in [-0.05, 0) is 81.6 Å². The molecule has 1 heterocycles. The van der Waals surface area contributed by atoms with Crippen molar-refractivity contribution in [2.75, 3.05) is 28.2 Å². The van der Waals surface area contributed by atoms with Gasteiger partial charge in [0.15, 0.2) is 5.82 Å². The number of H-pyrrole nitrogens is 1. The first-order valence-electron chi connectivity index (χ1n) is 12.6. The molecule has 196 valence electrons. The van der Waals surface area contributed by atoms with Crippen LogP contribution in [0.3, 0.4) is 0 Å². The van der Waals surface area contributed by atoms with Crippen LogP contribution in [0.2, 0.25) is 0 Å². The molecule has 4 rings (SSSR count). The van der Waals surface area contributed by atoms with Gasteiger partial charge in [-0.25, -0.2) is 5.10 Å². The first-order valence-corrected chi connectivity index (χ1v) is 12.6. The Morgan fingerprint density at radius 3 is 1.81 bits per heavy atom. The number of hydrogen-bond donors (Lipinski definition) is 2. The zero-order valence-corrected chi connectivity index (χ0v) is 22.8. The van der Waals surface area contributed by atoms with Crippen LogP contribution in [0.1, 0.15) is 76.0 Å². The molecule has 2 amide bonds. The maximum absolute atomic E-state index is 12.8. The number of aryl methyl sites for hydroxylation is 2. The number of hydrogen-bond acceptors (Lipinski definition) is 6. The predicted molar refractivity (Wildman–Crippen MR) is 142 cm³/mol. The predicted octanol–water partition coefficient (Wildman–Crippen LogP) is 2.80. The molecule has 1 aliphatic carbocycles. The summed E-state index contributed by atoms with van der Waals surface area (Å²) in [5, 5.41) is 15.4. The van der Waals surface area contributed by atoms with Crippen molar-refractivity contribution in [1.82, 2.24) is 30.4 Å². The second-order valence-corrected chi connectivity index (χ2v) is 11.5. The van der Waals surface area contributed by atoms with Crippen LogP contribution >= 0.6 is 0 Å². The monoisotopic (exact) mass is 503 g/mol. The molecule has 0 saturated carbocycles. The highest BCUT2D eigenvalue weighted by molar-refractivity contribution is 5.95. The minimum atomic E-state index is -0.795. The molecule has 0 unspecified atom stereocenters. The summed E-state index contributed by atoms with van der Waals surface area (Å²) in [6.45, 7) is 6.38. The Morgan fingerprint density at radius 2 is 1.43 bits per heavy atom. The second kappa shape index (κ2) is 9.70. The molecule has 3 N–H and O–H groups in total. The number of nitrogens with zero attached hydrogens (tertiary/aromatic N) is 5. The summed E-state index contributed by atoms with van der Waals surface area (Å²) in [5.74, 6) is 0.485. The van der Waals surface area contributed by atoms with Crippen molar-refractivity contribution in [1.29, 1.82) is 0 Å². The molecule has 3 aromatic rings. The molecule has 0 aliphatic heterocycles. The normalized spacial score (nSPS) is 15.2. The number of rotatable bonds is 5. The van der Waals surface area contributed by atoms with Gasteiger partial charge < -0.3 is 15.5 Å². The summed E-state index contributed by atoms with van der Waals surface area (Å²) in [4.78, 5) is 28.8. The molecule has 0 radical (unpaired) electrons.